The number of benzene rings is 2. The van der Waals surface area contributed by atoms with Crippen molar-refractivity contribution in [2.75, 3.05) is 10.2 Å². The van der Waals surface area contributed by atoms with Crippen molar-refractivity contribution in [3.05, 3.63) is 65.7 Å². The summed E-state index contributed by atoms with van der Waals surface area (Å²) < 4.78 is 24.5. The highest BCUT2D eigenvalue weighted by atomic mass is 32.2. The summed E-state index contributed by atoms with van der Waals surface area (Å²) in [6, 6.07) is 17.0. The molecule has 0 unspecified atom stereocenters. The first-order valence-corrected chi connectivity index (χ1v) is 7.90. The van der Waals surface area contributed by atoms with Crippen LogP contribution in [0, 0.1) is 11.3 Å². The minimum Gasteiger partial charge on any atom is -0.274 e. The lowest BCUT2D eigenvalue weighted by Crippen LogP contribution is -2.31. The van der Waals surface area contributed by atoms with Crippen molar-refractivity contribution in [1.82, 2.24) is 0 Å². The van der Waals surface area contributed by atoms with Gasteiger partial charge in [-0.2, -0.15) is 5.26 Å². The molecule has 5 nitrogen and oxygen atoms in total. The number of nitriles is 1. The minimum absolute atomic E-state index is 0.0342. The van der Waals surface area contributed by atoms with Gasteiger partial charge in [0.15, 0.2) is 0 Å². The summed E-state index contributed by atoms with van der Waals surface area (Å²) in [6.07, 6.45) is 0.287. The van der Waals surface area contributed by atoms with E-state index in [1.54, 1.807) is 12.1 Å². The van der Waals surface area contributed by atoms with Gasteiger partial charge in [-0.05, 0) is 24.1 Å². The fourth-order valence-corrected chi connectivity index (χ4v) is 2.99. The molecule has 0 aliphatic rings. The van der Waals surface area contributed by atoms with Crippen LogP contribution in [-0.4, -0.2) is 19.4 Å². The second-order valence-corrected chi connectivity index (χ2v) is 6.34. The van der Waals surface area contributed by atoms with Crippen LogP contribution in [0.4, 0.5) is 5.69 Å². The highest BCUT2D eigenvalue weighted by Crippen LogP contribution is 2.21. The van der Waals surface area contributed by atoms with Gasteiger partial charge in [-0.3, -0.25) is 5.21 Å². The van der Waals surface area contributed by atoms with Crippen LogP contribution < -0.4 is 4.47 Å². The smallest absolute Gasteiger partial charge is 0.257 e. The first kappa shape index (κ1) is 15.0. The Morgan fingerprint density at radius 3 is 2.33 bits per heavy atom. The quantitative estimate of drug-likeness (QED) is 0.859. The fraction of sp³-hybridized carbons (Fsp3) is 0.133. The molecular weight excluding hydrogens is 288 g/mol. The summed E-state index contributed by atoms with van der Waals surface area (Å²) in [4.78, 5) is 0. The molecule has 2 aromatic rings. The Bertz CT molecular complexity index is 752. The predicted molar refractivity (Wildman–Crippen MR) is 79.4 cm³/mol. The van der Waals surface area contributed by atoms with Crippen LogP contribution in [0.5, 0.6) is 0 Å². The highest BCUT2D eigenvalue weighted by molar-refractivity contribution is 7.92. The molecule has 0 aromatic heterocycles. The molecule has 0 atom stereocenters. The van der Waals surface area contributed by atoms with Gasteiger partial charge in [-0.1, -0.05) is 42.5 Å². The van der Waals surface area contributed by atoms with Gasteiger partial charge in [-0.15, -0.1) is 4.47 Å². The Labute approximate surface area is 123 Å². The van der Waals surface area contributed by atoms with Crippen molar-refractivity contribution in [3.8, 4) is 6.07 Å². The largest absolute Gasteiger partial charge is 0.274 e. The normalized spacial score (nSPS) is 10.9. The van der Waals surface area contributed by atoms with Gasteiger partial charge >= 0.3 is 0 Å². The summed E-state index contributed by atoms with van der Waals surface area (Å²) in [7, 11) is -3.91. The third kappa shape index (κ3) is 3.60. The van der Waals surface area contributed by atoms with Crippen molar-refractivity contribution in [2.45, 2.75) is 6.42 Å². The number of sulfonamides is 1. The van der Waals surface area contributed by atoms with Crippen LogP contribution in [0.1, 0.15) is 11.1 Å². The average molecular weight is 302 g/mol. The van der Waals surface area contributed by atoms with E-state index in [4.69, 9.17) is 5.26 Å². The first-order valence-electron chi connectivity index (χ1n) is 6.29. The number of para-hydroxylation sites is 1. The molecule has 108 valence electrons. The van der Waals surface area contributed by atoms with Gasteiger partial charge in [0.25, 0.3) is 10.0 Å². The SMILES string of the molecule is N#Cc1ccccc1N(O)S(=O)(=O)CCc1ccccc1. The van der Waals surface area contributed by atoms with Crippen molar-refractivity contribution in [1.29, 1.82) is 5.26 Å². The first-order chi connectivity index (χ1) is 10.0. The van der Waals surface area contributed by atoms with Crippen molar-refractivity contribution in [2.24, 2.45) is 0 Å². The monoisotopic (exact) mass is 302 g/mol. The van der Waals surface area contributed by atoms with Crippen molar-refractivity contribution < 1.29 is 13.6 Å². The molecule has 2 rings (SSSR count). The van der Waals surface area contributed by atoms with E-state index in [0.717, 1.165) is 5.56 Å². The third-order valence-electron chi connectivity index (χ3n) is 2.99. The molecule has 0 bridgehead atoms. The van der Waals surface area contributed by atoms with Gasteiger partial charge in [-0.25, -0.2) is 8.42 Å². The number of anilines is 1. The molecule has 0 saturated carbocycles. The van der Waals surface area contributed by atoms with Crippen LogP contribution in [-0.2, 0) is 16.4 Å². The van der Waals surface area contributed by atoms with Crippen molar-refractivity contribution >= 4 is 15.7 Å². The molecule has 1 N–H and O–H groups in total. The molecule has 0 spiro atoms. The summed E-state index contributed by atoms with van der Waals surface area (Å²) in [5.74, 6) is -0.243. The average Bonchev–Trinajstić information content (AvgIpc) is 2.53. The van der Waals surface area contributed by atoms with Crippen LogP contribution in [0.2, 0.25) is 0 Å². The predicted octanol–water partition coefficient (Wildman–Crippen LogP) is 2.33. The zero-order chi connectivity index (χ0) is 15.3. The molecule has 2 aromatic carbocycles. The van der Waals surface area contributed by atoms with Gasteiger partial charge in [0, 0.05) is 0 Å². The molecule has 0 aliphatic heterocycles. The Kier molecular flexibility index (Phi) is 4.58. The van der Waals surface area contributed by atoms with E-state index >= 15 is 0 Å². The second kappa shape index (κ2) is 6.39. The van der Waals surface area contributed by atoms with Gasteiger partial charge in [0.2, 0.25) is 0 Å². The third-order valence-corrected chi connectivity index (χ3v) is 4.43. The van der Waals surface area contributed by atoms with E-state index in [0.29, 0.717) is 0 Å². The maximum atomic E-state index is 12.1. The maximum absolute atomic E-state index is 12.1. The van der Waals surface area contributed by atoms with E-state index in [-0.39, 0.29) is 27.9 Å². The topological polar surface area (TPSA) is 81.4 Å². The summed E-state index contributed by atoms with van der Waals surface area (Å²) in [5, 5.41) is 18.9. The van der Waals surface area contributed by atoms with Crippen LogP contribution in [0.3, 0.4) is 0 Å². The molecular formula is C15H14N2O3S. The van der Waals surface area contributed by atoms with Crippen LogP contribution >= 0.6 is 0 Å². The lowest BCUT2D eigenvalue weighted by Gasteiger charge is -2.18. The zero-order valence-corrected chi connectivity index (χ0v) is 12.0. The Hall–Kier alpha value is -2.36. The molecule has 0 fully saturated rings. The molecule has 0 aliphatic carbocycles. The maximum Gasteiger partial charge on any atom is 0.257 e. The number of hydrogen-bond acceptors (Lipinski definition) is 4. The van der Waals surface area contributed by atoms with E-state index in [2.05, 4.69) is 0 Å². The zero-order valence-electron chi connectivity index (χ0n) is 11.2. The minimum atomic E-state index is -3.91. The molecule has 21 heavy (non-hydrogen) atoms. The Balaban J connectivity index is 2.18. The van der Waals surface area contributed by atoms with E-state index < -0.39 is 10.0 Å². The highest BCUT2D eigenvalue weighted by Gasteiger charge is 2.22. The van der Waals surface area contributed by atoms with Crippen LogP contribution in [0.15, 0.2) is 54.6 Å². The standard InChI is InChI=1S/C15H14N2O3S/c16-12-14-8-4-5-9-15(14)17(18)21(19,20)11-10-13-6-2-1-3-7-13/h1-9,18H,10-11H2. The number of rotatable bonds is 5. The Morgan fingerprint density at radius 1 is 1.05 bits per heavy atom. The second-order valence-electron chi connectivity index (χ2n) is 4.42. The molecule has 6 heteroatoms. The van der Waals surface area contributed by atoms with Crippen LogP contribution in [0.25, 0.3) is 0 Å². The molecule has 0 saturated heterocycles. The van der Waals surface area contributed by atoms with E-state index in [9.17, 15) is 13.6 Å². The number of hydrogen-bond donors (Lipinski definition) is 1. The van der Waals surface area contributed by atoms with Gasteiger partial charge in [0.1, 0.15) is 6.07 Å². The van der Waals surface area contributed by atoms with Gasteiger partial charge < -0.3 is 0 Å². The number of nitrogens with zero attached hydrogens (tertiary/aromatic N) is 2. The Morgan fingerprint density at radius 2 is 1.67 bits per heavy atom. The van der Waals surface area contributed by atoms with E-state index in [1.807, 2.05) is 36.4 Å². The molecule has 0 radical (unpaired) electrons. The summed E-state index contributed by atoms with van der Waals surface area (Å²) >= 11 is 0. The van der Waals surface area contributed by atoms with Crippen molar-refractivity contribution in [3.63, 3.8) is 0 Å². The lowest BCUT2D eigenvalue weighted by atomic mass is 10.2. The van der Waals surface area contributed by atoms with E-state index in [1.165, 1.54) is 12.1 Å². The lowest BCUT2D eigenvalue weighted by molar-refractivity contribution is 0.316. The van der Waals surface area contributed by atoms with Gasteiger partial charge in [0.05, 0.1) is 17.0 Å². The summed E-state index contributed by atoms with van der Waals surface area (Å²) in [5.41, 5.74) is 0.930. The summed E-state index contributed by atoms with van der Waals surface area (Å²) in [6.45, 7) is 0. The molecule has 0 heterocycles. The number of aryl methyl sites for hydroxylation is 1. The molecule has 0 amide bonds. The fourth-order valence-electron chi connectivity index (χ4n) is 1.86.